The predicted molar refractivity (Wildman–Crippen MR) is 92.2 cm³/mol. The number of aromatic carboxylic acids is 1. The van der Waals surface area contributed by atoms with Crippen molar-refractivity contribution in [1.29, 1.82) is 5.26 Å². The second-order valence-electron chi connectivity index (χ2n) is 5.15. The fourth-order valence-electron chi connectivity index (χ4n) is 1.99. The first-order valence-electron chi connectivity index (χ1n) is 7.22. The SMILES string of the molecule is Cc1cc(O)ccc1NC(=O)/C(C#N)=C\Nc1ccc(C(=O)O)cc1. The minimum absolute atomic E-state index is 0.0815. The summed E-state index contributed by atoms with van der Waals surface area (Å²) < 4.78 is 0. The Bertz CT molecular complexity index is 880. The number of carbonyl (C=O) groups excluding carboxylic acids is 1. The van der Waals surface area contributed by atoms with E-state index < -0.39 is 11.9 Å². The van der Waals surface area contributed by atoms with Gasteiger partial charge in [-0.2, -0.15) is 5.26 Å². The van der Waals surface area contributed by atoms with E-state index >= 15 is 0 Å². The average Bonchev–Trinajstić information content (AvgIpc) is 2.58. The van der Waals surface area contributed by atoms with Gasteiger partial charge in [0.05, 0.1) is 5.56 Å². The van der Waals surface area contributed by atoms with Crippen molar-refractivity contribution in [3.8, 4) is 11.8 Å². The van der Waals surface area contributed by atoms with Gasteiger partial charge < -0.3 is 20.8 Å². The van der Waals surface area contributed by atoms with Crippen LogP contribution in [0.3, 0.4) is 0 Å². The highest BCUT2D eigenvalue weighted by atomic mass is 16.4. The molecule has 0 radical (unpaired) electrons. The molecule has 0 spiro atoms. The van der Waals surface area contributed by atoms with Crippen molar-refractivity contribution in [3.63, 3.8) is 0 Å². The summed E-state index contributed by atoms with van der Waals surface area (Å²) in [7, 11) is 0. The third-order valence-corrected chi connectivity index (χ3v) is 3.34. The van der Waals surface area contributed by atoms with Crippen molar-refractivity contribution in [2.75, 3.05) is 10.6 Å². The molecule has 2 aromatic rings. The number of carboxylic acids is 1. The van der Waals surface area contributed by atoms with Crippen LogP contribution in [-0.2, 0) is 4.79 Å². The Balaban J connectivity index is 2.09. The van der Waals surface area contributed by atoms with E-state index in [1.165, 1.54) is 48.7 Å². The summed E-state index contributed by atoms with van der Waals surface area (Å²) in [4.78, 5) is 23.0. The monoisotopic (exact) mass is 337 g/mol. The second-order valence-corrected chi connectivity index (χ2v) is 5.15. The molecule has 126 valence electrons. The van der Waals surface area contributed by atoms with Gasteiger partial charge in [0.1, 0.15) is 17.4 Å². The van der Waals surface area contributed by atoms with Crippen LogP contribution in [0.2, 0.25) is 0 Å². The number of nitrogens with zero attached hydrogens (tertiary/aromatic N) is 1. The highest BCUT2D eigenvalue weighted by Gasteiger charge is 2.11. The van der Waals surface area contributed by atoms with E-state index in [1.807, 2.05) is 0 Å². The number of nitrogens with one attached hydrogen (secondary N) is 2. The Morgan fingerprint density at radius 3 is 2.40 bits per heavy atom. The first kappa shape index (κ1) is 17.6. The number of hydrogen-bond donors (Lipinski definition) is 4. The Kier molecular flexibility index (Phi) is 5.38. The molecule has 7 heteroatoms. The number of carbonyl (C=O) groups is 2. The fraction of sp³-hybridized carbons (Fsp3) is 0.0556. The molecule has 0 fully saturated rings. The molecular formula is C18H15N3O4. The zero-order valence-corrected chi connectivity index (χ0v) is 13.3. The summed E-state index contributed by atoms with van der Waals surface area (Å²) in [5.41, 5.74) is 1.65. The lowest BCUT2D eigenvalue weighted by Crippen LogP contribution is -2.15. The number of benzene rings is 2. The van der Waals surface area contributed by atoms with Crippen molar-refractivity contribution >= 4 is 23.3 Å². The summed E-state index contributed by atoms with van der Waals surface area (Å²) >= 11 is 0. The smallest absolute Gasteiger partial charge is 0.335 e. The molecule has 0 heterocycles. The van der Waals surface area contributed by atoms with E-state index in [9.17, 15) is 14.7 Å². The van der Waals surface area contributed by atoms with E-state index in [0.29, 0.717) is 16.9 Å². The molecule has 7 nitrogen and oxygen atoms in total. The van der Waals surface area contributed by atoms with Gasteiger partial charge in [-0.3, -0.25) is 4.79 Å². The minimum atomic E-state index is -1.04. The van der Waals surface area contributed by atoms with Crippen LogP contribution >= 0.6 is 0 Å². The van der Waals surface area contributed by atoms with Crippen LogP contribution in [-0.4, -0.2) is 22.1 Å². The molecule has 0 aromatic heterocycles. The zero-order valence-electron chi connectivity index (χ0n) is 13.3. The Hall–Kier alpha value is -3.79. The van der Waals surface area contributed by atoms with Crippen LogP contribution in [0, 0.1) is 18.3 Å². The van der Waals surface area contributed by atoms with Gasteiger partial charge in [-0.25, -0.2) is 4.79 Å². The summed E-state index contributed by atoms with van der Waals surface area (Å²) in [5, 5.41) is 32.7. The van der Waals surface area contributed by atoms with E-state index in [-0.39, 0.29) is 16.9 Å². The number of hydrogen-bond acceptors (Lipinski definition) is 5. The van der Waals surface area contributed by atoms with Gasteiger partial charge in [0.2, 0.25) is 0 Å². The molecule has 4 N–H and O–H groups in total. The molecule has 0 atom stereocenters. The van der Waals surface area contributed by atoms with Gasteiger partial charge >= 0.3 is 5.97 Å². The summed E-state index contributed by atoms with van der Waals surface area (Å²) in [6, 6.07) is 12.1. The van der Waals surface area contributed by atoms with Crippen LogP contribution in [0.15, 0.2) is 54.2 Å². The van der Waals surface area contributed by atoms with Crippen LogP contribution in [0.1, 0.15) is 15.9 Å². The topological polar surface area (TPSA) is 122 Å². The van der Waals surface area contributed by atoms with Crippen LogP contribution in [0.4, 0.5) is 11.4 Å². The van der Waals surface area contributed by atoms with Crippen molar-refractivity contribution in [1.82, 2.24) is 0 Å². The summed E-state index contributed by atoms with van der Waals surface area (Å²) in [6.45, 7) is 1.72. The number of anilines is 2. The number of carboxylic acid groups (broad SMARTS) is 1. The maximum atomic E-state index is 12.2. The molecule has 25 heavy (non-hydrogen) atoms. The van der Waals surface area contributed by atoms with E-state index in [1.54, 1.807) is 13.0 Å². The quantitative estimate of drug-likeness (QED) is 0.378. The average molecular weight is 337 g/mol. The molecule has 1 amide bonds. The molecule has 0 aliphatic carbocycles. The highest BCUT2D eigenvalue weighted by Crippen LogP contribution is 2.20. The van der Waals surface area contributed by atoms with Gasteiger partial charge in [-0.05, 0) is 55.0 Å². The molecule has 0 saturated heterocycles. The maximum Gasteiger partial charge on any atom is 0.335 e. The first-order valence-corrected chi connectivity index (χ1v) is 7.22. The molecule has 0 aliphatic rings. The van der Waals surface area contributed by atoms with Crippen molar-refractivity contribution in [3.05, 3.63) is 65.4 Å². The molecular weight excluding hydrogens is 322 g/mol. The van der Waals surface area contributed by atoms with Gasteiger partial charge in [0, 0.05) is 17.6 Å². The van der Waals surface area contributed by atoms with Crippen LogP contribution in [0.5, 0.6) is 5.75 Å². The number of amides is 1. The molecule has 2 rings (SSSR count). The molecule has 2 aromatic carbocycles. The summed E-state index contributed by atoms with van der Waals surface area (Å²) in [6.07, 6.45) is 1.24. The lowest BCUT2D eigenvalue weighted by Gasteiger charge is -2.08. The van der Waals surface area contributed by atoms with Gasteiger partial charge in [0.25, 0.3) is 5.91 Å². The van der Waals surface area contributed by atoms with E-state index in [0.717, 1.165) is 0 Å². The number of phenolic OH excluding ortho intramolecular Hbond substituents is 1. The number of aromatic hydroxyl groups is 1. The maximum absolute atomic E-state index is 12.2. The minimum Gasteiger partial charge on any atom is -0.508 e. The third kappa shape index (κ3) is 4.59. The third-order valence-electron chi connectivity index (χ3n) is 3.34. The normalized spacial score (nSPS) is 10.6. The van der Waals surface area contributed by atoms with Crippen molar-refractivity contribution in [2.45, 2.75) is 6.92 Å². The van der Waals surface area contributed by atoms with Crippen LogP contribution < -0.4 is 10.6 Å². The van der Waals surface area contributed by atoms with Gasteiger partial charge in [-0.15, -0.1) is 0 Å². The Labute approximate surface area is 143 Å². The Morgan fingerprint density at radius 2 is 1.84 bits per heavy atom. The predicted octanol–water partition coefficient (Wildman–Crippen LogP) is 2.86. The van der Waals surface area contributed by atoms with E-state index in [2.05, 4.69) is 10.6 Å². The van der Waals surface area contributed by atoms with E-state index in [4.69, 9.17) is 10.4 Å². The largest absolute Gasteiger partial charge is 0.508 e. The molecule has 0 saturated carbocycles. The summed E-state index contributed by atoms with van der Waals surface area (Å²) in [5.74, 6) is -1.56. The van der Waals surface area contributed by atoms with Crippen molar-refractivity contribution in [2.24, 2.45) is 0 Å². The van der Waals surface area contributed by atoms with Gasteiger partial charge in [-0.1, -0.05) is 0 Å². The standard InChI is InChI=1S/C18H15N3O4/c1-11-8-15(22)6-7-16(11)21-17(23)13(9-19)10-20-14-4-2-12(3-5-14)18(24)25/h2-8,10,20,22H,1H3,(H,21,23)(H,24,25)/b13-10-. The fourth-order valence-corrected chi connectivity index (χ4v) is 1.99. The Morgan fingerprint density at radius 1 is 1.16 bits per heavy atom. The lowest BCUT2D eigenvalue weighted by molar-refractivity contribution is -0.112. The molecule has 0 bridgehead atoms. The number of aryl methyl sites for hydroxylation is 1. The van der Waals surface area contributed by atoms with Crippen LogP contribution in [0.25, 0.3) is 0 Å². The lowest BCUT2D eigenvalue weighted by atomic mass is 10.1. The zero-order chi connectivity index (χ0) is 18.4. The van der Waals surface area contributed by atoms with Crippen molar-refractivity contribution < 1.29 is 19.8 Å². The van der Waals surface area contributed by atoms with Gasteiger partial charge in [0.15, 0.2) is 0 Å². The first-order chi connectivity index (χ1) is 11.9. The number of nitriles is 1. The number of phenols is 1. The number of rotatable bonds is 5. The second kappa shape index (κ2) is 7.66. The molecule has 0 unspecified atom stereocenters. The highest BCUT2D eigenvalue weighted by molar-refractivity contribution is 6.07. The molecule has 0 aliphatic heterocycles.